The number of hydrazone groups is 1. The molecule has 8 nitrogen and oxygen atoms in total. The molecule has 182 valence electrons. The normalized spacial score (nSPS) is 11.4. The van der Waals surface area contributed by atoms with Crippen molar-refractivity contribution in [3.05, 3.63) is 81.8 Å². The number of methoxy groups -OCH3 is 1. The fraction of sp³-hybridized carbons (Fsp3) is 0.185. The molecule has 5 aromatic rings. The summed E-state index contributed by atoms with van der Waals surface area (Å²) in [6, 6.07) is 20.1. The summed E-state index contributed by atoms with van der Waals surface area (Å²) < 4.78 is 14.5. The summed E-state index contributed by atoms with van der Waals surface area (Å²) in [5.41, 5.74) is 8.62. The number of anilines is 1. The van der Waals surface area contributed by atoms with E-state index >= 15 is 0 Å². The van der Waals surface area contributed by atoms with Gasteiger partial charge in [-0.2, -0.15) is 10.1 Å². The number of nitrogens with zero attached hydrogens (tertiary/aromatic N) is 5. The standard InChI is InChI=1S/C27H25BrN6O2/c1-4-34-22-8-6-5-7-20(22)24-26(34)30-27(33-31-24)32-29-15-19-13-21(28)25(23(14-19)35-3)36-16-18-11-9-17(2)10-12-18/h5-15H,4,16H2,1-3H3,(H,30,32,33)/b29-15+. The Bertz CT molecular complexity index is 1560. The minimum absolute atomic E-state index is 0.320. The van der Waals surface area contributed by atoms with Crippen LogP contribution in [0.3, 0.4) is 0 Å². The molecule has 5 rings (SSSR count). The van der Waals surface area contributed by atoms with E-state index in [2.05, 4.69) is 90.4 Å². The lowest BCUT2D eigenvalue weighted by molar-refractivity contribution is 0.282. The molecule has 0 aliphatic carbocycles. The lowest BCUT2D eigenvalue weighted by Crippen LogP contribution is -2.02. The summed E-state index contributed by atoms with van der Waals surface area (Å²) in [4.78, 5) is 4.65. The van der Waals surface area contributed by atoms with E-state index in [9.17, 15) is 0 Å². The molecular weight excluding hydrogens is 520 g/mol. The van der Waals surface area contributed by atoms with Gasteiger partial charge in [0.2, 0.25) is 0 Å². The molecule has 0 saturated heterocycles. The van der Waals surface area contributed by atoms with Gasteiger partial charge in [0.15, 0.2) is 17.1 Å². The molecule has 2 aromatic heterocycles. The van der Waals surface area contributed by atoms with Crippen LogP contribution in [0.25, 0.3) is 22.1 Å². The fourth-order valence-electron chi connectivity index (χ4n) is 4.03. The van der Waals surface area contributed by atoms with Gasteiger partial charge in [0.05, 0.1) is 23.3 Å². The summed E-state index contributed by atoms with van der Waals surface area (Å²) >= 11 is 3.60. The highest BCUT2D eigenvalue weighted by Crippen LogP contribution is 2.37. The Morgan fingerprint density at radius 2 is 1.89 bits per heavy atom. The number of aromatic nitrogens is 4. The predicted octanol–water partition coefficient (Wildman–Crippen LogP) is 6.10. The zero-order valence-electron chi connectivity index (χ0n) is 20.2. The Labute approximate surface area is 217 Å². The molecule has 9 heteroatoms. The topological polar surface area (TPSA) is 86.5 Å². The molecule has 3 aromatic carbocycles. The molecule has 0 saturated carbocycles. The van der Waals surface area contributed by atoms with Gasteiger partial charge in [-0.15, -0.1) is 10.2 Å². The van der Waals surface area contributed by atoms with Gasteiger partial charge in [-0.1, -0.05) is 48.0 Å². The molecule has 0 radical (unpaired) electrons. The van der Waals surface area contributed by atoms with Crippen molar-refractivity contribution in [2.24, 2.45) is 5.10 Å². The molecule has 0 fully saturated rings. The van der Waals surface area contributed by atoms with E-state index in [4.69, 9.17) is 9.47 Å². The third-order valence-electron chi connectivity index (χ3n) is 5.82. The van der Waals surface area contributed by atoms with E-state index in [1.807, 2.05) is 30.3 Å². The van der Waals surface area contributed by atoms with Crippen LogP contribution >= 0.6 is 15.9 Å². The highest BCUT2D eigenvalue weighted by atomic mass is 79.9. The number of fused-ring (bicyclic) bond motifs is 3. The molecule has 0 amide bonds. The van der Waals surface area contributed by atoms with E-state index in [1.54, 1.807) is 13.3 Å². The first-order valence-electron chi connectivity index (χ1n) is 11.5. The number of nitrogens with one attached hydrogen (secondary N) is 1. The van der Waals surface area contributed by atoms with Crippen LogP contribution < -0.4 is 14.9 Å². The number of hydrogen-bond acceptors (Lipinski definition) is 7. The van der Waals surface area contributed by atoms with Crippen molar-refractivity contribution in [1.82, 2.24) is 19.7 Å². The van der Waals surface area contributed by atoms with E-state index in [0.29, 0.717) is 24.1 Å². The average Bonchev–Trinajstić information content (AvgIpc) is 3.21. The van der Waals surface area contributed by atoms with Gasteiger partial charge in [0.25, 0.3) is 5.95 Å². The van der Waals surface area contributed by atoms with Gasteiger partial charge < -0.3 is 14.0 Å². The van der Waals surface area contributed by atoms with Crippen molar-refractivity contribution < 1.29 is 9.47 Å². The maximum Gasteiger partial charge on any atom is 0.265 e. The first-order chi connectivity index (χ1) is 17.6. The van der Waals surface area contributed by atoms with E-state index in [0.717, 1.165) is 44.2 Å². The van der Waals surface area contributed by atoms with Crippen LogP contribution in [0.4, 0.5) is 5.95 Å². The maximum atomic E-state index is 6.04. The monoisotopic (exact) mass is 544 g/mol. The maximum absolute atomic E-state index is 6.04. The molecule has 0 unspecified atom stereocenters. The first kappa shape index (κ1) is 23.7. The number of ether oxygens (including phenoxy) is 2. The van der Waals surface area contributed by atoms with Crippen LogP contribution in [0.15, 0.2) is 70.2 Å². The van der Waals surface area contributed by atoms with Crippen LogP contribution in [0, 0.1) is 6.92 Å². The molecule has 0 spiro atoms. The van der Waals surface area contributed by atoms with Crippen LogP contribution in [-0.4, -0.2) is 33.1 Å². The summed E-state index contributed by atoms with van der Waals surface area (Å²) in [5, 5.41) is 13.9. The lowest BCUT2D eigenvalue weighted by Gasteiger charge is -2.13. The van der Waals surface area contributed by atoms with Crippen LogP contribution in [-0.2, 0) is 13.2 Å². The quantitative estimate of drug-likeness (QED) is 0.187. The minimum Gasteiger partial charge on any atom is -0.493 e. The SMILES string of the molecule is CCn1c2ccccc2c2nnc(N/N=C/c3cc(Br)c(OCc4ccc(C)cc4)c(OC)c3)nc21. The predicted molar refractivity (Wildman–Crippen MR) is 146 cm³/mol. The number of rotatable bonds is 8. The van der Waals surface area contributed by atoms with Gasteiger partial charge in [-0.05, 0) is 59.1 Å². The Balaban J connectivity index is 1.34. The highest BCUT2D eigenvalue weighted by Gasteiger charge is 2.14. The van der Waals surface area contributed by atoms with Crippen LogP contribution in [0.2, 0.25) is 0 Å². The first-order valence-corrected chi connectivity index (χ1v) is 12.3. The molecule has 1 N–H and O–H groups in total. The van der Waals surface area contributed by atoms with Crippen molar-refractivity contribution in [1.29, 1.82) is 0 Å². The van der Waals surface area contributed by atoms with Gasteiger partial charge in [-0.25, -0.2) is 5.43 Å². The van der Waals surface area contributed by atoms with Crippen LogP contribution in [0.1, 0.15) is 23.6 Å². The fourth-order valence-corrected chi connectivity index (χ4v) is 4.60. The zero-order chi connectivity index (χ0) is 25.1. The molecule has 0 aliphatic rings. The largest absolute Gasteiger partial charge is 0.493 e. The summed E-state index contributed by atoms with van der Waals surface area (Å²) in [5.74, 6) is 1.55. The molecule has 36 heavy (non-hydrogen) atoms. The highest BCUT2D eigenvalue weighted by molar-refractivity contribution is 9.10. The van der Waals surface area contributed by atoms with Crippen molar-refractivity contribution in [2.75, 3.05) is 12.5 Å². The number of hydrogen-bond donors (Lipinski definition) is 1. The molecule has 0 atom stereocenters. The van der Waals surface area contributed by atoms with Gasteiger partial charge in [-0.3, -0.25) is 0 Å². The van der Waals surface area contributed by atoms with Crippen LogP contribution in [0.5, 0.6) is 11.5 Å². The lowest BCUT2D eigenvalue weighted by atomic mass is 10.2. The second-order valence-corrected chi connectivity index (χ2v) is 9.10. The third-order valence-corrected chi connectivity index (χ3v) is 6.41. The molecule has 0 aliphatic heterocycles. The summed E-state index contributed by atoms with van der Waals surface area (Å²) in [6.45, 7) is 5.35. The van der Waals surface area contributed by atoms with Gasteiger partial charge in [0, 0.05) is 11.9 Å². The van der Waals surface area contributed by atoms with Crippen molar-refractivity contribution in [3.8, 4) is 11.5 Å². The van der Waals surface area contributed by atoms with Crippen molar-refractivity contribution >= 4 is 50.2 Å². The Hall–Kier alpha value is -3.98. The zero-order valence-corrected chi connectivity index (χ0v) is 21.8. The number of benzene rings is 3. The molecule has 2 heterocycles. The minimum atomic E-state index is 0.320. The average molecular weight is 545 g/mol. The van der Waals surface area contributed by atoms with E-state index in [1.165, 1.54) is 5.56 Å². The van der Waals surface area contributed by atoms with Gasteiger partial charge >= 0.3 is 0 Å². The second kappa shape index (κ2) is 10.3. The number of halogens is 1. The second-order valence-electron chi connectivity index (χ2n) is 8.25. The molecule has 0 bridgehead atoms. The molecular formula is C27H25BrN6O2. The Morgan fingerprint density at radius 3 is 2.67 bits per heavy atom. The van der Waals surface area contributed by atoms with Crippen molar-refractivity contribution in [2.45, 2.75) is 27.0 Å². The van der Waals surface area contributed by atoms with E-state index in [-0.39, 0.29) is 0 Å². The smallest absolute Gasteiger partial charge is 0.265 e. The van der Waals surface area contributed by atoms with Gasteiger partial charge in [0.1, 0.15) is 12.1 Å². The number of para-hydroxylation sites is 1. The van der Waals surface area contributed by atoms with E-state index < -0.39 is 0 Å². The summed E-state index contributed by atoms with van der Waals surface area (Å²) in [6.07, 6.45) is 1.67. The number of aryl methyl sites for hydroxylation is 2. The third kappa shape index (κ3) is 4.74. The Kier molecular flexibility index (Phi) is 6.81. The summed E-state index contributed by atoms with van der Waals surface area (Å²) in [7, 11) is 1.61. The Morgan fingerprint density at radius 1 is 1.08 bits per heavy atom. The van der Waals surface area contributed by atoms with Crippen molar-refractivity contribution in [3.63, 3.8) is 0 Å².